The molecule has 1 aliphatic heterocycles. The number of amides is 2. The van der Waals surface area contributed by atoms with Gasteiger partial charge in [-0.05, 0) is 91.0 Å². The Morgan fingerprint density at radius 3 is 2.65 bits per heavy atom. The highest BCUT2D eigenvalue weighted by Crippen LogP contribution is 2.34. The van der Waals surface area contributed by atoms with Crippen molar-refractivity contribution in [1.29, 1.82) is 5.26 Å². The van der Waals surface area contributed by atoms with Gasteiger partial charge in [-0.3, -0.25) is 14.6 Å². The Hall–Kier alpha value is -4.61. The fourth-order valence-electron chi connectivity index (χ4n) is 5.36. The van der Waals surface area contributed by atoms with E-state index in [-0.39, 0.29) is 23.7 Å². The SMILES string of the molecule is CNC(=O)c1cc(C#N)cc(-c2ccc3ncc(-c4cc(C)cc(F)c4)c(C(=O)N(C)C[C@@H]4CCCN4)c3c2)c1. The van der Waals surface area contributed by atoms with E-state index in [0.717, 1.165) is 30.5 Å². The van der Waals surface area contributed by atoms with Crippen molar-refractivity contribution in [2.45, 2.75) is 25.8 Å². The lowest BCUT2D eigenvalue weighted by Gasteiger charge is -2.24. The van der Waals surface area contributed by atoms with Gasteiger partial charge in [-0.2, -0.15) is 5.26 Å². The van der Waals surface area contributed by atoms with Crippen molar-refractivity contribution in [2.24, 2.45) is 0 Å². The molecule has 1 fully saturated rings. The number of carbonyl (C=O) groups excluding carboxylic acids is 2. The molecule has 1 atom stereocenters. The molecule has 0 spiro atoms. The molecule has 3 aromatic carbocycles. The van der Waals surface area contributed by atoms with Crippen molar-refractivity contribution in [1.82, 2.24) is 20.5 Å². The topological polar surface area (TPSA) is 98.1 Å². The number of hydrogen-bond donors (Lipinski definition) is 2. The van der Waals surface area contributed by atoms with Gasteiger partial charge in [-0.25, -0.2) is 4.39 Å². The number of aryl methyl sites for hydroxylation is 1. The molecular formula is C32H30FN5O2. The van der Waals surface area contributed by atoms with E-state index < -0.39 is 0 Å². The second-order valence-corrected chi connectivity index (χ2v) is 10.3. The van der Waals surface area contributed by atoms with Gasteiger partial charge in [0.15, 0.2) is 0 Å². The molecule has 2 N–H and O–H groups in total. The van der Waals surface area contributed by atoms with E-state index in [9.17, 15) is 19.2 Å². The smallest absolute Gasteiger partial charge is 0.255 e. The Bertz CT molecular complexity index is 1650. The van der Waals surface area contributed by atoms with Crippen LogP contribution in [-0.4, -0.2) is 54.9 Å². The molecule has 2 heterocycles. The second kappa shape index (κ2) is 11.2. The number of likely N-dealkylation sites (N-methyl/N-ethyl adjacent to an activating group) is 1. The summed E-state index contributed by atoms with van der Waals surface area (Å²) in [6, 6.07) is 17.5. The summed E-state index contributed by atoms with van der Waals surface area (Å²) in [5.41, 5.74) is 4.98. The molecule has 7 nitrogen and oxygen atoms in total. The highest BCUT2D eigenvalue weighted by atomic mass is 19.1. The molecule has 1 aliphatic rings. The third-order valence-electron chi connectivity index (χ3n) is 7.32. The summed E-state index contributed by atoms with van der Waals surface area (Å²) in [7, 11) is 3.32. The van der Waals surface area contributed by atoms with Gasteiger partial charge in [-0.15, -0.1) is 0 Å². The molecule has 0 radical (unpaired) electrons. The first-order valence-electron chi connectivity index (χ1n) is 13.2. The molecule has 0 aliphatic carbocycles. The van der Waals surface area contributed by atoms with Gasteiger partial charge >= 0.3 is 0 Å². The van der Waals surface area contributed by atoms with E-state index in [1.54, 1.807) is 30.3 Å². The number of aromatic nitrogens is 1. The number of hydrogen-bond acceptors (Lipinski definition) is 5. The first-order valence-corrected chi connectivity index (χ1v) is 13.2. The number of pyridine rings is 1. The molecule has 5 rings (SSSR count). The van der Waals surface area contributed by atoms with Gasteiger partial charge in [0.2, 0.25) is 0 Å². The number of nitriles is 1. The molecule has 40 heavy (non-hydrogen) atoms. The Labute approximate surface area is 232 Å². The number of benzene rings is 3. The zero-order valence-corrected chi connectivity index (χ0v) is 22.7. The summed E-state index contributed by atoms with van der Waals surface area (Å²) >= 11 is 0. The van der Waals surface area contributed by atoms with E-state index in [1.807, 2.05) is 31.2 Å². The number of halogens is 1. The molecule has 4 aromatic rings. The van der Waals surface area contributed by atoms with Crippen LogP contribution in [0, 0.1) is 24.1 Å². The Morgan fingerprint density at radius 2 is 1.95 bits per heavy atom. The standard InChI is InChI=1S/C32H30FN5O2/c1-19-9-23(14-25(33)10-19)28-17-37-29-7-6-21(22-11-20(16-34)12-24(13-22)31(39)35-2)15-27(29)30(28)32(40)38(3)18-26-5-4-8-36-26/h6-7,9-15,17,26,36H,4-5,8,18H2,1-3H3,(H,35,39)/t26-/m0/s1. The first kappa shape index (κ1) is 27.0. The average Bonchev–Trinajstić information content (AvgIpc) is 3.47. The van der Waals surface area contributed by atoms with Gasteiger partial charge < -0.3 is 15.5 Å². The van der Waals surface area contributed by atoms with E-state index in [1.165, 1.54) is 25.2 Å². The van der Waals surface area contributed by atoms with Gasteiger partial charge in [0.25, 0.3) is 11.8 Å². The Balaban J connectivity index is 1.71. The molecule has 0 unspecified atom stereocenters. The summed E-state index contributed by atoms with van der Waals surface area (Å²) in [5.74, 6) is -0.879. The second-order valence-electron chi connectivity index (χ2n) is 10.3. The van der Waals surface area contributed by atoms with Gasteiger partial charge in [0, 0.05) is 49.4 Å². The van der Waals surface area contributed by atoms with Crippen molar-refractivity contribution in [2.75, 3.05) is 27.2 Å². The van der Waals surface area contributed by atoms with Crippen LogP contribution in [0.1, 0.15) is 44.7 Å². The summed E-state index contributed by atoms with van der Waals surface area (Å²) in [6.07, 6.45) is 3.70. The third-order valence-corrected chi connectivity index (χ3v) is 7.32. The summed E-state index contributed by atoms with van der Waals surface area (Å²) in [5, 5.41) is 16.2. The van der Waals surface area contributed by atoms with Crippen LogP contribution >= 0.6 is 0 Å². The molecule has 2 amide bonds. The number of nitrogens with zero attached hydrogens (tertiary/aromatic N) is 3. The van der Waals surface area contributed by atoms with Crippen molar-refractivity contribution in [3.05, 3.63) is 88.9 Å². The van der Waals surface area contributed by atoms with E-state index in [0.29, 0.717) is 50.8 Å². The predicted molar refractivity (Wildman–Crippen MR) is 153 cm³/mol. The molecule has 1 aromatic heterocycles. The zero-order chi connectivity index (χ0) is 28.4. The van der Waals surface area contributed by atoms with Crippen molar-refractivity contribution in [3.8, 4) is 28.3 Å². The van der Waals surface area contributed by atoms with E-state index >= 15 is 0 Å². The minimum atomic E-state index is -0.388. The average molecular weight is 536 g/mol. The molecule has 0 bridgehead atoms. The fraction of sp³-hybridized carbons (Fsp3) is 0.250. The van der Waals surface area contributed by atoms with Crippen molar-refractivity contribution < 1.29 is 14.0 Å². The Morgan fingerprint density at radius 1 is 1.12 bits per heavy atom. The summed E-state index contributed by atoms with van der Waals surface area (Å²) in [4.78, 5) is 32.8. The summed E-state index contributed by atoms with van der Waals surface area (Å²) < 4.78 is 14.5. The predicted octanol–water partition coefficient (Wildman–Crippen LogP) is 5.07. The van der Waals surface area contributed by atoms with Crippen LogP contribution in [0.5, 0.6) is 0 Å². The van der Waals surface area contributed by atoms with Crippen LogP contribution < -0.4 is 10.6 Å². The molecule has 8 heteroatoms. The number of fused-ring (bicyclic) bond motifs is 1. The van der Waals surface area contributed by atoms with Crippen LogP contribution in [0.3, 0.4) is 0 Å². The van der Waals surface area contributed by atoms with Crippen LogP contribution in [-0.2, 0) is 0 Å². The van der Waals surface area contributed by atoms with Gasteiger partial charge in [0.1, 0.15) is 5.82 Å². The lowest BCUT2D eigenvalue weighted by molar-refractivity contribution is 0.0786. The number of rotatable bonds is 6. The number of nitrogens with one attached hydrogen (secondary N) is 2. The van der Waals surface area contributed by atoms with Crippen LogP contribution in [0.15, 0.2) is 60.8 Å². The largest absolute Gasteiger partial charge is 0.355 e. The molecule has 202 valence electrons. The maximum atomic E-state index is 14.5. The third kappa shape index (κ3) is 5.42. The lowest BCUT2D eigenvalue weighted by Crippen LogP contribution is -2.38. The molecule has 1 saturated heterocycles. The van der Waals surface area contributed by atoms with E-state index in [2.05, 4.69) is 21.7 Å². The first-order chi connectivity index (χ1) is 19.3. The number of carbonyl (C=O) groups is 2. The van der Waals surface area contributed by atoms with Crippen LogP contribution in [0.4, 0.5) is 4.39 Å². The normalized spacial score (nSPS) is 14.6. The van der Waals surface area contributed by atoms with Gasteiger partial charge in [-0.1, -0.05) is 12.1 Å². The zero-order valence-electron chi connectivity index (χ0n) is 22.7. The maximum Gasteiger partial charge on any atom is 0.255 e. The fourth-order valence-corrected chi connectivity index (χ4v) is 5.36. The lowest BCUT2D eigenvalue weighted by atomic mass is 9.93. The van der Waals surface area contributed by atoms with Crippen LogP contribution in [0.2, 0.25) is 0 Å². The highest BCUT2D eigenvalue weighted by molar-refractivity contribution is 6.12. The molecular weight excluding hydrogens is 505 g/mol. The van der Waals surface area contributed by atoms with Crippen molar-refractivity contribution >= 4 is 22.7 Å². The molecule has 0 saturated carbocycles. The van der Waals surface area contributed by atoms with Crippen molar-refractivity contribution in [3.63, 3.8) is 0 Å². The van der Waals surface area contributed by atoms with E-state index in [4.69, 9.17) is 0 Å². The quantitative estimate of drug-likeness (QED) is 0.359. The van der Waals surface area contributed by atoms with Crippen LogP contribution in [0.25, 0.3) is 33.2 Å². The monoisotopic (exact) mass is 535 g/mol. The highest BCUT2D eigenvalue weighted by Gasteiger charge is 2.25. The minimum Gasteiger partial charge on any atom is -0.355 e. The van der Waals surface area contributed by atoms with Gasteiger partial charge in [0.05, 0.1) is 22.7 Å². The minimum absolute atomic E-state index is 0.188. The summed E-state index contributed by atoms with van der Waals surface area (Å²) in [6.45, 7) is 3.29. The maximum absolute atomic E-state index is 14.5. The Kier molecular flexibility index (Phi) is 7.58.